The summed E-state index contributed by atoms with van der Waals surface area (Å²) in [6.07, 6.45) is 1.31. The van der Waals surface area contributed by atoms with Gasteiger partial charge in [-0.1, -0.05) is 17.7 Å². The van der Waals surface area contributed by atoms with E-state index in [2.05, 4.69) is 4.74 Å². The molecule has 0 aliphatic carbocycles. The Morgan fingerprint density at radius 2 is 1.87 bits per heavy atom. The average Bonchev–Trinajstić information content (AvgIpc) is 2.21. The lowest BCUT2D eigenvalue weighted by molar-refractivity contribution is -0.135. The maximum atomic E-state index is 10.9. The number of carbonyl (C=O) groups is 1. The molecule has 3 heteroatoms. The topological polar surface area (TPSA) is 35.5 Å². The van der Waals surface area contributed by atoms with E-state index in [9.17, 15) is 4.79 Å². The van der Waals surface area contributed by atoms with Crippen molar-refractivity contribution >= 4 is 5.97 Å². The van der Waals surface area contributed by atoms with Crippen LogP contribution in [0.15, 0.2) is 36.1 Å². The van der Waals surface area contributed by atoms with Crippen LogP contribution in [0.5, 0.6) is 5.75 Å². The molecule has 1 rings (SSSR count). The Morgan fingerprint density at radius 1 is 1.27 bits per heavy atom. The molecule has 0 unspecified atom stereocenters. The number of carbonyl (C=O) groups excluding carboxylic acids is 1. The van der Waals surface area contributed by atoms with Gasteiger partial charge in [-0.05, 0) is 26.0 Å². The molecule has 0 spiro atoms. The summed E-state index contributed by atoms with van der Waals surface area (Å²) in [5, 5.41) is 0. The third-order valence-electron chi connectivity index (χ3n) is 1.82. The van der Waals surface area contributed by atoms with Crippen LogP contribution in [-0.2, 0) is 9.53 Å². The van der Waals surface area contributed by atoms with Crippen LogP contribution in [0, 0.1) is 6.92 Å². The van der Waals surface area contributed by atoms with Crippen LogP contribution in [-0.4, -0.2) is 13.1 Å². The highest BCUT2D eigenvalue weighted by atomic mass is 16.5. The van der Waals surface area contributed by atoms with Crippen molar-refractivity contribution < 1.29 is 14.3 Å². The van der Waals surface area contributed by atoms with Crippen LogP contribution in [0.3, 0.4) is 0 Å². The van der Waals surface area contributed by atoms with Gasteiger partial charge in [-0.2, -0.15) is 0 Å². The van der Waals surface area contributed by atoms with Gasteiger partial charge in [-0.25, -0.2) is 4.79 Å². The number of esters is 1. The second-order valence-electron chi connectivity index (χ2n) is 3.19. The lowest BCUT2D eigenvalue weighted by atomic mass is 10.2. The van der Waals surface area contributed by atoms with E-state index < -0.39 is 5.97 Å². The lowest BCUT2D eigenvalue weighted by Gasteiger charge is -2.05. The maximum Gasteiger partial charge on any atom is 0.333 e. The van der Waals surface area contributed by atoms with Crippen molar-refractivity contribution in [1.29, 1.82) is 0 Å². The number of rotatable bonds is 3. The smallest absolute Gasteiger partial charge is 0.333 e. The molecule has 3 nitrogen and oxygen atoms in total. The molecule has 0 saturated heterocycles. The largest absolute Gasteiger partial charge is 0.466 e. The summed E-state index contributed by atoms with van der Waals surface area (Å²) in [6.45, 7) is 3.71. The first-order valence-corrected chi connectivity index (χ1v) is 4.62. The molecule has 0 radical (unpaired) electrons. The molecule has 0 atom stereocenters. The van der Waals surface area contributed by atoms with Gasteiger partial charge in [0.25, 0.3) is 0 Å². The Morgan fingerprint density at radius 3 is 2.40 bits per heavy atom. The zero-order chi connectivity index (χ0) is 11.3. The summed E-state index contributed by atoms with van der Waals surface area (Å²) in [5.74, 6) is 0.795. The molecule has 0 fully saturated rings. The molecule has 15 heavy (non-hydrogen) atoms. The van der Waals surface area contributed by atoms with Gasteiger partial charge < -0.3 is 9.47 Å². The highest BCUT2D eigenvalue weighted by molar-refractivity contribution is 5.82. The van der Waals surface area contributed by atoms with Crippen LogP contribution >= 0.6 is 0 Å². The Bertz CT molecular complexity index is 363. The predicted octanol–water partition coefficient (Wildman–Crippen LogP) is 2.45. The van der Waals surface area contributed by atoms with Gasteiger partial charge in [-0.15, -0.1) is 0 Å². The Labute approximate surface area is 89.3 Å². The normalized spacial score (nSPS) is 11.0. The predicted molar refractivity (Wildman–Crippen MR) is 57.6 cm³/mol. The van der Waals surface area contributed by atoms with E-state index in [-0.39, 0.29) is 0 Å². The van der Waals surface area contributed by atoms with Crippen molar-refractivity contribution in [3.8, 4) is 5.75 Å². The summed E-state index contributed by atoms with van der Waals surface area (Å²) in [6, 6.07) is 7.59. The van der Waals surface area contributed by atoms with E-state index in [1.54, 1.807) is 6.92 Å². The second kappa shape index (κ2) is 5.20. The van der Waals surface area contributed by atoms with Gasteiger partial charge in [0.05, 0.1) is 13.2 Å². The summed E-state index contributed by atoms with van der Waals surface area (Å²) in [7, 11) is 1.33. The highest BCUT2D eigenvalue weighted by Gasteiger charge is 1.99. The fourth-order valence-corrected chi connectivity index (χ4v) is 1.05. The summed E-state index contributed by atoms with van der Waals surface area (Å²) >= 11 is 0. The van der Waals surface area contributed by atoms with Gasteiger partial charge >= 0.3 is 5.97 Å². The van der Waals surface area contributed by atoms with Crippen LogP contribution < -0.4 is 4.74 Å². The molecule has 1 aromatic rings. The molecule has 0 heterocycles. The first kappa shape index (κ1) is 11.3. The zero-order valence-corrected chi connectivity index (χ0v) is 9.11. The molecule has 0 amide bonds. The number of hydrogen-bond donors (Lipinski definition) is 0. The Balaban J connectivity index is 2.66. The monoisotopic (exact) mass is 206 g/mol. The third kappa shape index (κ3) is 3.85. The first-order valence-electron chi connectivity index (χ1n) is 4.62. The quantitative estimate of drug-likeness (QED) is 0.433. The fourth-order valence-electron chi connectivity index (χ4n) is 1.05. The van der Waals surface area contributed by atoms with E-state index >= 15 is 0 Å². The highest BCUT2D eigenvalue weighted by Crippen LogP contribution is 2.14. The Kier molecular flexibility index (Phi) is 3.92. The third-order valence-corrected chi connectivity index (χ3v) is 1.82. The summed E-state index contributed by atoms with van der Waals surface area (Å²) in [5.41, 5.74) is 1.16. The van der Waals surface area contributed by atoms with Gasteiger partial charge in [0.15, 0.2) is 0 Å². The van der Waals surface area contributed by atoms with Crippen LogP contribution in [0.25, 0.3) is 0 Å². The van der Waals surface area contributed by atoms with Crippen molar-refractivity contribution in [1.82, 2.24) is 0 Å². The lowest BCUT2D eigenvalue weighted by Crippen LogP contribution is -1.99. The van der Waals surface area contributed by atoms with Gasteiger partial charge in [0.2, 0.25) is 0 Å². The second-order valence-corrected chi connectivity index (χ2v) is 3.19. The molecular formula is C12H14O3. The van der Waals surface area contributed by atoms with E-state index in [0.29, 0.717) is 11.5 Å². The summed E-state index contributed by atoms with van der Waals surface area (Å²) < 4.78 is 9.88. The molecule has 80 valence electrons. The van der Waals surface area contributed by atoms with E-state index in [0.717, 1.165) is 5.56 Å². The molecule has 0 saturated carbocycles. The molecule has 0 aliphatic rings. The number of hydrogen-bond acceptors (Lipinski definition) is 3. The fraction of sp³-hybridized carbons (Fsp3) is 0.250. The number of ether oxygens (including phenoxy) is 2. The molecule has 0 N–H and O–H groups in total. The standard InChI is InChI=1S/C12H14O3/c1-9-4-6-11(7-5-9)15-10(2)8-12(13)14-3/h4-8H,1-3H3. The first-order chi connectivity index (χ1) is 7.11. The number of allylic oxidation sites excluding steroid dienone is 1. The van der Waals surface area contributed by atoms with Crippen molar-refractivity contribution in [2.45, 2.75) is 13.8 Å². The maximum absolute atomic E-state index is 10.9. The molecular weight excluding hydrogens is 192 g/mol. The minimum Gasteiger partial charge on any atom is -0.466 e. The molecule has 1 aromatic carbocycles. The average molecular weight is 206 g/mol. The Hall–Kier alpha value is -1.77. The van der Waals surface area contributed by atoms with Crippen molar-refractivity contribution in [3.05, 3.63) is 41.7 Å². The van der Waals surface area contributed by atoms with Crippen molar-refractivity contribution in [2.75, 3.05) is 7.11 Å². The van der Waals surface area contributed by atoms with Gasteiger partial charge in [0, 0.05) is 0 Å². The minimum absolute atomic E-state index is 0.417. The minimum atomic E-state index is -0.417. The number of aryl methyl sites for hydroxylation is 1. The van der Waals surface area contributed by atoms with Crippen LogP contribution in [0.4, 0.5) is 0 Å². The van der Waals surface area contributed by atoms with Crippen LogP contribution in [0.1, 0.15) is 12.5 Å². The van der Waals surface area contributed by atoms with Crippen molar-refractivity contribution in [3.63, 3.8) is 0 Å². The molecule has 0 bridgehead atoms. The van der Waals surface area contributed by atoms with Gasteiger partial charge in [-0.3, -0.25) is 0 Å². The van der Waals surface area contributed by atoms with Crippen molar-refractivity contribution in [2.24, 2.45) is 0 Å². The van der Waals surface area contributed by atoms with E-state index in [1.165, 1.54) is 13.2 Å². The molecule has 0 aromatic heterocycles. The van der Waals surface area contributed by atoms with Crippen LogP contribution in [0.2, 0.25) is 0 Å². The van der Waals surface area contributed by atoms with E-state index in [4.69, 9.17) is 4.74 Å². The number of benzene rings is 1. The zero-order valence-electron chi connectivity index (χ0n) is 9.11. The molecule has 0 aliphatic heterocycles. The number of methoxy groups -OCH3 is 1. The van der Waals surface area contributed by atoms with Gasteiger partial charge in [0.1, 0.15) is 11.5 Å². The van der Waals surface area contributed by atoms with E-state index in [1.807, 2.05) is 31.2 Å². The SMILES string of the molecule is COC(=O)C=C(C)Oc1ccc(C)cc1. The summed E-state index contributed by atoms with van der Waals surface area (Å²) in [4.78, 5) is 10.9.